The summed E-state index contributed by atoms with van der Waals surface area (Å²) in [5.74, 6) is -0.407. The maximum absolute atomic E-state index is 9.77. The standard InChI is InChI=1S/C14H19N3O4/c1-9-12(16-17-15)11(21-14(19)13(9)18)8-20-7-10-5-3-2-4-6-10/h2-6,9,11-14,18-19H,7-8H2,1H3/t9-,11?,12+,13?,14+/m0/s1. The summed E-state index contributed by atoms with van der Waals surface area (Å²) >= 11 is 0. The number of aliphatic hydroxyl groups is 2. The third-order valence-electron chi connectivity index (χ3n) is 3.64. The van der Waals surface area contributed by atoms with Gasteiger partial charge in [0.1, 0.15) is 6.10 Å². The first-order chi connectivity index (χ1) is 10.1. The monoisotopic (exact) mass is 293 g/mol. The second-order valence-electron chi connectivity index (χ2n) is 5.11. The summed E-state index contributed by atoms with van der Waals surface area (Å²) in [6.07, 6.45) is -2.96. The SMILES string of the molecule is C[C@@H]1C(O)[C@H](O)OC(COCc2ccccc2)[C@@H]1N=[N+]=[N-]. The highest BCUT2D eigenvalue weighted by Crippen LogP contribution is 2.27. The van der Waals surface area contributed by atoms with Gasteiger partial charge in [0, 0.05) is 4.91 Å². The molecule has 0 bridgehead atoms. The molecular weight excluding hydrogens is 274 g/mol. The van der Waals surface area contributed by atoms with Crippen molar-refractivity contribution in [3.8, 4) is 0 Å². The van der Waals surface area contributed by atoms with E-state index in [1.165, 1.54) is 0 Å². The van der Waals surface area contributed by atoms with Gasteiger partial charge in [0.05, 0.1) is 25.4 Å². The van der Waals surface area contributed by atoms with Gasteiger partial charge in [-0.1, -0.05) is 42.4 Å². The van der Waals surface area contributed by atoms with E-state index in [-0.39, 0.29) is 6.61 Å². The van der Waals surface area contributed by atoms with Crippen LogP contribution in [0.5, 0.6) is 0 Å². The molecule has 1 saturated heterocycles. The molecule has 1 aromatic carbocycles. The van der Waals surface area contributed by atoms with E-state index in [0.29, 0.717) is 6.61 Å². The molecule has 5 atom stereocenters. The van der Waals surface area contributed by atoms with Gasteiger partial charge in [0.15, 0.2) is 6.29 Å². The van der Waals surface area contributed by atoms with Crippen molar-refractivity contribution in [1.29, 1.82) is 0 Å². The average molecular weight is 293 g/mol. The van der Waals surface area contributed by atoms with Crippen molar-refractivity contribution in [2.75, 3.05) is 6.61 Å². The van der Waals surface area contributed by atoms with Crippen molar-refractivity contribution in [3.05, 3.63) is 46.3 Å². The lowest BCUT2D eigenvalue weighted by Gasteiger charge is -2.39. The Morgan fingerprint density at radius 3 is 2.71 bits per heavy atom. The predicted octanol–water partition coefficient (Wildman–Crippen LogP) is 1.60. The molecule has 114 valence electrons. The minimum Gasteiger partial charge on any atom is -0.388 e. The summed E-state index contributed by atoms with van der Waals surface area (Å²) in [6, 6.07) is 9.05. The van der Waals surface area contributed by atoms with Crippen LogP contribution in [0.15, 0.2) is 35.4 Å². The molecule has 0 spiro atoms. The maximum atomic E-state index is 9.77. The first kappa shape index (κ1) is 15.8. The Morgan fingerprint density at radius 2 is 2.05 bits per heavy atom. The van der Waals surface area contributed by atoms with E-state index in [0.717, 1.165) is 5.56 Å². The summed E-state index contributed by atoms with van der Waals surface area (Å²) in [7, 11) is 0. The van der Waals surface area contributed by atoms with Crippen molar-refractivity contribution in [2.24, 2.45) is 11.0 Å². The molecule has 2 unspecified atom stereocenters. The van der Waals surface area contributed by atoms with Crippen molar-refractivity contribution >= 4 is 0 Å². The molecule has 0 amide bonds. The van der Waals surface area contributed by atoms with Crippen molar-refractivity contribution < 1.29 is 19.7 Å². The lowest BCUT2D eigenvalue weighted by molar-refractivity contribution is -0.246. The van der Waals surface area contributed by atoms with Gasteiger partial charge in [-0.15, -0.1) is 0 Å². The molecule has 7 nitrogen and oxygen atoms in total. The first-order valence-electron chi connectivity index (χ1n) is 6.81. The number of nitrogens with zero attached hydrogens (tertiary/aromatic N) is 3. The van der Waals surface area contributed by atoms with Gasteiger partial charge >= 0.3 is 0 Å². The maximum Gasteiger partial charge on any atom is 0.181 e. The largest absolute Gasteiger partial charge is 0.388 e. The van der Waals surface area contributed by atoms with Crippen LogP contribution in [0.1, 0.15) is 12.5 Å². The highest BCUT2D eigenvalue weighted by atomic mass is 16.6. The van der Waals surface area contributed by atoms with Crippen molar-refractivity contribution in [2.45, 2.75) is 38.1 Å². The van der Waals surface area contributed by atoms with Crippen LogP contribution in [-0.4, -0.2) is 41.4 Å². The van der Waals surface area contributed by atoms with Gasteiger partial charge in [0.25, 0.3) is 0 Å². The molecule has 1 aromatic rings. The number of hydrogen-bond donors (Lipinski definition) is 2. The zero-order valence-electron chi connectivity index (χ0n) is 11.7. The summed E-state index contributed by atoms with van der Waals surface area (Å²) in [4.78, 5) is 2.78. The fourth-order valence-electron chi connectivity index (χ4n) is 2.38. The van der Waals surface area contributed by atoms with Gasteiger partial charge in [-0.3, -0.25) is 0 Å². The molecular formula is C14H19N3O4. The van der Waals surface area contributed by atoms with Crippen LogP contribution in [0, 0.1) is 5.92 Å². The van der Waals surface area contributed by atoms with E-state index in [2.05, 4.69) is 10.0 Å². The van der Waals surface area contributed by atoms with Gasteiger partial charge in [-0.05, 0) is 17.0 Å². The van der Waals surface area contributed by atoms with Crippen molar-refractivity contribution in [1.82, 2.24) is 0 Å². The second kappa shape index (κ2) is 7.40. The molecule has 0 aliphatic carbocycles. The smallest absolute Gasteiger partial charge is 0.181 e. The van der Waals surface area contributed by atoms with Crippen LogP contribution >= 0.6 is 0 Å². The Labute approximate surface area is 122 Å². The van der Waals surface area contributed by atoms with E-state index < -0.39 is 30.5 Å². The number of benzene rings is 1. The van der Waals surface area contributed by atoms with Crippen LogP contribution in [0.4, 0.5) is 0 Å². The van der Waals surface area contributed by atoms with Crippen LogP contribution in [0.25, 0.3) is 10.4 Å². The summed E-state index contributed by atoms with van der Waals surface area (Å²) in [5, 5.41) is 23.1. The minimum atomic E-state index is -1.30. The fraction of sp³-hybridized carbons (Fsp3) is 0.571. The number of ether oxygens (including phenoxy) is 2. The number of aliphatic hydroxyl groups excluding tert-OH is 2. The van der Waals surface area contributed by atoms with Crippen LogP contribution in [-0.2, 0) is 16.1 Å². The van der Waals surface area contributed by atoms with Gasteiger partial charge < -0.3 is 19.7 Å². The normalized spacial score (nSPS) is 32.4. The van der Waals surface area contributed by atoms with E-state index >= 15 is 0 Å². The molecule has 2 rings (SSSR count). The Kier molecular flexibility index (Phi) is 5.55. The third kappa shape index (κ3) is 3.93. The lowest BCUT2D eigenvalue weighted by Crippen LogP contribution is -2.53. The van der Waals surface area contributed by atoms with Crippen molar-refractivity contribution in [3.63, 3.8) is 0 Å². The summed E-state index contributed by atoms with van der Waals surface area (Å²) < 4.78 is 10.9. The Balaban J connectivity index is 1.94. The van der Waals surface area contributed by atoms with Crippen LogP contribution in [0.2, 0.25) is 0 Å². The number of rotatable bonds is 5. The molecule has 1 aliphatic heterocycles. The van der Waals surface area contributed by atoms with Gasteiger partial charge in [0.2, 0.25) is 0 Å². The quantitative estimate of drug-likeness (QED) is 0.488. The highest BCUT2D eigenvalue weighted by Gasteiger charge is 2.41. The number of hydrogen-bond acceptors (Lipinski definition) is 5. The topological polar surface area (TPSA) is 108 Å². The fourth-order valence-corrected chi connectivity index (χ4v) is 2.38. The Bertz CT molecular complexity index is 492. The lowest BCUT2D eigenvalue weighted by atomic mass is 9.89. The predicted molar refractivity (Wildman–Crippen MR) is 75.1 cm³/mol. The molecule has 1 fully saturated rings. The summed E-state index contributed by atoms with van der Waals surface area (Å²) in [6.45, 7) is 2.28. The molecule has 0 saturated carbocycles. The number of azide groups is 1. The molecule has 0 radical (unpaired) electrons. The zero-order chi connectivity index (χ0) is 15.2. The first-order valence-corrected chi connectivity index (χ1v) is 6.81. The minimum absolute atomic E-state index is 0.173. The third-order valence-corrected chi connectivity index (χ3v) is 3.64. The molecule has 2 N–H and O–H groups in total. The van der Waals surface area contributed by atoms with E-state index in [4.69, 9.17) is 15.0 Å². The Hall–Kier alpha value is -1.63. The Morgan fingerprint density at radius 1 is 1.33 bits per heavy atom. The van der Waals surface area contributed by atoms with Gasteiger partial charge in [-0.2, -0.15) is 0 Å². The molecule has 7 heteroatoms. The van der Waals surface area contributed by atoms with E-state index in [9.17, 15) is 10.2 Å². The highest BCUT2D eigenvalue weighted by molar-refractivity contribution is 5.13. The molecule has 1 heterocycles. The summed E-state index contributed by atoms with van der Waals surface area (Å²) in [5.41, 5.74) is 9.64. The van der Waals surface area contributed by atoms with Crippen LogP contribution < -0.4 is 0 Å². The average Bonchev–Trinajstić information content (AvgIpc) is 2.50. The van der Waals surface area contributed by atoms with E-state index in [1.807, 2.05) is 30.3 Å². The zero-order valence-corrected chi connectivity index (χ0v) is 11.7. The van der Waals surface area contributed by atoms with E-state index in [1.54, 1.807) is 6.92 Å². The molecule has 1 aliphatic rings. The van der Waals surface area contributed by atoms with Gasteiger partial charge in [-0.25, -0.2) is 0 Å². The van der Waals surface area contributed by atoms with Crippen LogP contribution in [0.3, 0.4) is 0 Å². The second-order valence-corrected chi connectivity index (χ2v) is 5.11. The molecule has 21 heavy (non-hydrogen) atoms. The molecule has 0 aromatic heterocycles.